The molecule has 0 N–H and O–H groups in total. The monoisotopic (exact) mass is 302 g/mol. The van der Waals surface area contributed by atoms with Crippen molar-refractivity contribution in [3.8, 4) is 11.8 Å². The third kappa shape index (κ3) is 3.27. The van der Waals surface area contributed by atoms with Gasteiger partial charge in [0, 0.05) is 24.9 Å². The first-order valence-corrected chi connectivity index (χ1v) is 5.74. The average Bonchev–Trinajstić information content (AvgIpc) is 2.85. The van der Waals surface area contributed by atoms with E-state index in [1.165, 1.54) is 16.9 Å². The van der Waals surface area contributed by atoms with Crippen molar-refractivity contribution in [1.29, 1.82) is 0 Å². The Kier molecular flexibility index (Phi) is 3.78. The van der Waals surface area contributed by atoms with Gasteiger partial charge in [-0.25, -0.2) is 4.98 Å². The third-order valence-corrected chi connectivity index (χ3v) is 2.49. The largest absolute Gasteiger partial charge is 0.421 e. The number of nitro groups is 1. The van der Waals surface area contributed by atoms with E-state index in [0.717, 1.165) is 0 Å². The lowest BCUT2D eigenvalue weighted by atomic mass is 10.2. The molecule has 21 heavy (non-hydrogen) atoms. The van der Waals surface area contributed by atoms with Crippen LogP contribution in [0.15, 0.2) is 24.5 Å². The molecule has 10 heteroatoms. The Morgan fingerprint density at radius 1 is 1.48 bits per heavy atom. The van der Waals surface area contributed by atoms with E-state index in [1.807, 2.05) is 0 Å². The molecule has 0 amide bonds. The van der Waals surface area contributed by atoms with Gasteiger partial charge in [-0.1, -0.05) is 0 Å². The number of rotatable bonds is 4. The fourth-order valence-corrected chi connectivity index (χ4v) is 1.50. The Morgan fingerprint density at radius 2 is 2.19 bits per heavy atom. The van der Waals surface area contributed by atoms with Gasteiger partial charge in [0.05, 0.1) is 4.92 Å². The molecule has 0 bridgehead atoms. The summed E-state index contributed by atoms with van der Waals surface area (Å²) in [6, 6.07) is 1.74. The summed E-state index contributed by atoms with van der Waals surface area (Å²) in [5, 5.41) is 14.4. The van der Waals surface area contributed by atoms with E-state index >= 15 is 0 Å². The van der Waals surface area contributed by atoms with Gasteiger partial charge in [-0.05, 0) is 6.92 Å². The summed E-state index contributed by atoms with van der Waals surface area (Å²) in [6.45, 7) is 2.31. The van der Waals surface area contributed by atoms with Crippen molar-refractivity contribution in [3.05, 3.63) is 40.2 Å². The highest BCUT2D eigenvalue weighted by Crippen LogP contribution is 2.38. The number of hydrogen-bond donors (Lipinski definition) is 0. The summed E-state index contributed by atoms with van der Waals surface area (Å²) in [4.78, 5) is 12.9. The van der Waals surface area contributed by atoms with Gasteiger partial charge in [0.2, 0.25) is 11.8 Å². The van der Waals surface area contributed by atoms with Crippen molar-refractivity contribution in [1.82, 2.24) is 14.8 Å². The fraction of sp³-hybridized carbons (Fsp3) is 0.273. The molecule has 0 radical (unpaired) electrons. The maximum absolute atomic E-state index is 12.9. The van der Waals surface area contributed by atoms with Crippen LogP contribution in [0, 0.1) is 10.1 Å². The molecule has 2 heterocycles. The van der Waals surface area contributed by atoms with E-state index in [-0.39, 0.29) is 5.88 Å². The second kappa shape index (κ2) is 5.38. The minimum Gasteiger partial charge on any atom is -0.418 e. The first-order valence-electron chi connectivity index (χ1n) is 5.74. The molecule has 2 rings (SSSR count). The third-order valence-electron chi connectivity index (χ3n) is 2.49. The molecule has 0 atom stereocenters. The maximum atomic E-state index is 12.9. The van der Waals surface area contributed by atoms with Crippen LogP contribution in [0.2, 0.25) is 0 Å². The van der Waals surface area contributed by atoms with E-state index in [2.05, 4.69) is 10.1 Å². The Balaban J connectivity index is 2.40. The van der Waals surface area contributed by atoms with Crippen LogP contribution in [0.1, 0.15) is 12.5 Å². The lowest BCUT2D eigenvalue weighted by Gasteiger charge is -2.10. The zero-order valence-electron chi connectivity index (χ0n) is 10.7. The molecule has 0 saturated heterocycles. The highest BCUT2D eigenvalue weighted by Gasteiger charge is 2.37. The molecule has 0 aliphatic rings. The zero-order valence-corrected chi connectivity index (χ0v) is 10.7. The summed E-state index contributed by atoms with van der Waals surface area (Å²) in [7, 11) is 0. The first-order chi connectivity index (χ1) is 9.81. The molecular weight excluding hydrogens is 293 g/mol. The molecule has 0 aromatic carbocycles. The second-order valence-electron chi connectivity index (χ2n) is 3.91. The lowest BCUT2D eigenvalue weighted by molar-refractivity contribution is -0.385. The quantitative estimate of drug-likeness (QED) is 0.640. The lowest BCUT2D eigenvalue weighted by Crippen LogP contribution is -2.09. The number of alkyl halides is 3. The number of ether oxygens (including phenoxy) is 1. The molecule has 0 aliphatic heterocycles. The van der Waals surface area contributed by atoms with Crippen LogP contribution >= 0.6 is 0 Å². The number of pyridine rings is 1. The molecule has 0 aliphatic carbocycles. The number of hydrogen-bond acceptors (Lipinski definition) is 5. The van der Waals surface area contributed by atoms with Gasteiger partial charge >= 0.3 is 6.18 Å². The second-order valence-corrected chi connectivity index (χ2v) is 3.91. The summed E-state index contributed by atoms with van der Waals surface area (Å²) in [6.07, 6.45) is -2.61. The van der Waals surface area contributed by atoms with E-state index in [9.17, 15) is 23.3 Å². The van der Waals surface area contributed by atoms with E-state index in [1.54, 1.807) is 6.92 Å². The van der Waals surface area contributed by atoms with Crippen molar-refractivity contribution >= 4 is 5.69 Å². The Labute approximate surface area is 116 Å². The van der Waals surface area contributed by atoms with E-state index < -0.39 is 28.2 Å². The van der Waals surface area contributed by atoms with Crippen LogP contribution < -0.4 is 4.74 Å². The number of aromatic nitrogens is 3. The van der Waals surface area contributed by atoms with E-state index in [0.29, 0.717) is 18.8 Å². The van der Waals surface area contributed by atoms with Gasteiger partial charge in [0.15, 0.2) is 0 Å². The number of nitrogens with zero attached hydrogens (tertiary/aromatic N) is 4. The molecule has 7 nitrogen and oxygen atoms in total. The van der Waals surface area contributed by atoms with Gasteiger partial charge in [0.25, 0.3) is 5.69 Å². The van der Waals surface area contributed by atoms with Crippen LogP contribution in [-0.4, -0.2) is 19.7 Å². The summed E-state index contributed by atoms with van der Waals surface area (Å²) < 4.78 is 45.1. The Morgan fingerprint density at radius 3 is 2.71 bits per heavy atom. The van der Waals surface area contributed by atoms with Gasteiger partial charge in [0.1, 0.15) is 11.8 Å². The van der Waals surface area contributed by atoms with Crippen molar-refractivity contribution in [2.24, 2.45) is 0 Å². The van der Waals surface area contributed by atoms with Crippen molar-refractivity contribution in [2.45, 2.75) is 19.6 Å². The topological polar surface area (TPSA) is 83.1 Å². The Hall–Kier alpha value is -2.65. The van der Waals surface area contributed by atoms with Crippen molar-refractivity contribution in [2.75, 3.05) is 0 Å². The van der Waals surface area contributed by atoms with Gasteiger partial charge in [-0.3, -0.25) is 14.8 Å². The molecule has 0 spiro atoms. The van der Waals surface area contributed by atoms with Crippen molar-refractivity contribution < 1.29 is 22.8 Å². The SMILES string of the molecule is CCn1ccc(Oc2ncc([N+](=O)[O-])cc2C(F)(F)F)n1. The number of halogens is 3. The maximum Gasteiger partial charge on any atom is 0.421 e. The van der Waals surface area contributed by atoms with E-state index in [4.69, 9.17) is 4.74 Å². The minimum absolute atomic E-state index is 0.0799. The van der Waals surface area contributed by atoms with Crippen LogP contribution in [0.5, 0.6) is 11.8 Å². The van der Waals surface area contributed by atoms with Crippen LogP contribution in [0.4, 0.5) is 18.9 Å². The number of aryl methyl sites for hydroxylation is 1. The minimum atomic E-state index is -4.83. The molecule has 112 valence electrons. The van der Waals surface area contributed by atoms with Crippen LogP contribution in [0.3, 0.4) is 0 Å². The first kappa shape index (κ1) is 14.8. The van der Waals surface area contributed by atoms with Gasteiger partial charge < -0.3 is 4.74 Å². The van der Waals surface area contributed by atoms with Crippen LogP contribution in [-0.2, 0) is 12.7 Å². The normalized spacial score (nSPS) is 11.4. The van der Waals surface area contributed by atoms with Gasteiger partial charge in [-0.2, -0.15) is 13.2 Å². The standard InChI is InChI=1S/C11H9F3N4O3/c1-2-17-4-3-9(16-17)21-10-8(11(12,13)14)5-7(6-15-10)18(19)20/h3-6H,2H2,1H3. The molecule has 2 aromatic heterocycles. The smallest absolute Gasteiger partial charge is 0.418 e. The molecule has 0 fully saturated rings. The van der Waals surface area contributed by atoms with Crippen LogP contribution in [0.25, 0.3) is 0 Å². The van der Waals surface area contributed by atoms with Crippen molar-refractivity contribution in [3.63, 3.8) is 0 Å². The Bertz CT molecular complexity index is 669. The summed E-state index contributed by atoms with van der Waals surface area (Å²) in [5.41, 5.74) is -2.10. The molecule has 0 unspecified atom stereocenters. The molecular formula is C11H9F3N4O3. The predicted molar refractivity (Wildman–Crippen MR) is 63.9 cm³/mol. The average molecular weight is 302 g/mol. The molecule has 0 saturated carbocycles. The predicted octanol–water partition coefficient (Wildman–Crippen LogP) is 3.02. The molecule has 2 aromatic rings. The fourth-order valence-electron chi connectivity index (χ4n) is 1.50. The zero-order chi connectivity index (χ0) is 15.6. The van der Waals surface area contributed by atoms with Gasteiger partial charge in [-0.15, -0.1) is 5.10 Å². The summed E-state index contributed by atoms with van der Waals surface area (Å²) in [5.74, 6) is -0.863. The summed E-state index contributed by atoms with van der Waals surface area (Å²) >= 11 is 0. The highest BCUT2D eigenvalue weighted by molar-refractivity contribution is 5.40. The highest BCUT2D eigenvalue weighted by atomic mass is 19.4.